The van der Waals surface area contributed by atoms with Gasteiger partial charge in [-0.3, -0.25) is 4.99 Å². The first kappa shape index (κ1) is 19.5. The molecule has 0 unspecified atom stereocenters. The smallest absolute Gasteiger partial charge is 0.191 e. The topological polar surface area (TPSA) is 62.5 Å². The molecule has 1 aromatic carbocycles. The standard InChI is InChI=1S/C18H20N4OS.HI/c1-19-18(20-10-9-16-8-5-11-23-16)21-12-15-13-24-17(22-15)14-6-3-2-4-7-14;/h2-8,11,13H,9-10,12H2,1H3,(H2,19,20,21);1H. The maximum atomic E-state index is 5.31. The van der Waals surface area contributed by atoms with Crippen LogP contribution in [0.1, 0.15) is 11.5 Å². The SMILES string of the molecule is CN=C(NCCc1ccco1)NCc1csc(-c2ccccc2)n1.I. The molecule has 0 aliphatic rings. The zero-order valence-electron chi connectivity index (χ0n) is 13.9. The maximum absolute atomic E-state index is 5.31. The van der Waals surface area contributed by atoms with E-state index in [2.05, 4.69) is 38.1 Å². The van der Waals surface area contributed by atoms with E-state index in [0.717, 1.165) is 41.0 Å². The summed E-state index contributed by atoms with van der Waals surface area (Å²) in [5.74, 6) is 1.72. The number of aromatic nitrogens is 1. The van der Waals surface area contributed by atoms with Crippen LogP contribution in [0.25, 0.3) is 10.6 Å². The van der Waals surface area contributed by atoms with Crippen molar-refractivity contribution in [3.8, 4) is 10.6 Å². The minimum Gasteiger partial charge on any atom is -0.469 e. The zero-order valence-corrected chi connectivity index (χ0v) is 17.1. The van der Waals surface area contributed by atoms with Gasteiger partial charge in [0.05, 0.1) is 18.5 Å². The van der Waals surface area contributed by atoms with Crippen molar-refractivity contribution >= 4 is 41.3 Å². The van der Waals surface area contributed by atoms with E-state index in [0.29, 0.717) is 6.54 Å². The van der Waals surface area contributed by atoms with Crippen molar-refractivity contribution in [1.29, 1.82) is 0 Å². The van der Waals surface area contributed by atoms with Crippen molar-refractivity contribution in [3.63, 3.8) is 0 Å². The second-order valence-corrected chi connectivity index (χ2v) is 6.05. The van der Waals surface area contributed by atoms with Crippen molar-refractivity contribution in [3.05, 3.63) is 65.6 Å². The van der Waals surface area contributed by atoms with Crippen molar-refractivity contribution in [1.82, 2.24) is 15.6 Å². The monoisotopic (exact) mass is 468 g/mol. The molecule has 0 saturated heterocycles. The van der Waals surface area contributed by atoms with Gasteiger partial charge in [0.1, 0.15) is 10.8 Å². The first-order valence-electron chi connectivity index (χ1n) is 7.82. The summed E-state index contributed by atoms with van der Waals surface area (Å²) in [7, 11) is 1.76. The molecule has 3 rings (SSSR count). The predicted molar refractivity (Wildman–Crippen MR) is 114 cm³/mol. The molecule has 0 amide bonds. The Morgan fingerprint density at radius 2 is 2.00 bits per heavy atom. The molecule has 25 heavy (non-hydrogen) atoms. The van der Waals surface area contributed by atoms with E-state index in [-0.39, 0.29) is 24.0 Å². The lowest BCUT2D eigenvalue weighted by Gasteiger charge is -2.10. The minimum absolute atomic E-state index is 0. The Kier molecular flexibility index (Phi) is 7.93. The molecule has 2 heterocycles. The fraction of sp³-hybridized carbons (Fsp3) is 0.222. The third-order valence-corrected chi connectivity index (χ3v) is 4.42. The average Bonchev–Trinajstić information content (AvgIpc) is 3.30. The summed E-state index contributed by atoms with van der Waals surface area (Å²) in [5.41, 5.74) is 2.16. The minimum atomic E-state index is 0. The highest BCUT2D eigenvalue weighted by molar-refractivity contribution is 14.0. The van der Waals surface area contributed by atoms with Gasteiger partial charge in [0.25, 0.3) is 0 Å². The van der Waals surface area contributed by atoms with Gasteiger partial charge in [-0.25, -0.2) is 4.98 Å². The van der Waals surface area contributed by atoms with Crippen molar-refractivity contribution in [2.45, 2.75) is 13.0 Å². The van der Waals surface area contributed by atoms with Gasteiger partial charge in [0.15, 0.2) is 5.96 Å². The second kappa shape index (κ2) is 10.2. The van der Waals surface area contributed by atoms with Crippen LogP contribution in [0.15, 0.2) is 63.5 Å². The van der Waals surface area contributed by atoms with Crippen LogP contribution < -0.4 is 10.6 Å². The third kappa shape index (κ3) is 5.86. The van der Waals surface area contributed by atoms with Gasteiger partial charge in [-0.2, -0.15) is 0 Å². The molecule has 3 aromatic rings. The lowest BCUT2D eigenvalue weighted by atomic mass is 10.2. The van der Waals surface area contributed by atoms with Crippen LogP contribution in [0.2, 0.25) is 0 Å². The van der Waals surface area contributed by atoms with Crippen LogP contribution in [0.3, 0.4) is 0 Å². The molecule has 0 bridgehead atoms. The van der Waals surface area contributed by atoms with E-state index in [1.165, 1.54) is 0 Å². The van der Waals surface area contributed by atoms with Gasteiger partial charge in [-0.1, -0.05) is 30.3 Å². The molecule has 0 saturated carbocycles. The Balaban J connectivity index is 0.00000225. The van der Waals surface area contributed by atoms with Gasteiger partial charge in [0.2, 0.25) is 0 Å². The Labute approximate surface area is 168 Å². The first-order chi connectivity index (χ1) is 11.8. The Bertz CT molecular complexity index is 771. The van der Waals surface area contributed by atoms with Crippen molar-refractivity contribution in [2.75, 3.05) is 13.6 Å². The first-order valence-corrected chi connectivity index (χ1v) is 8.70. The van der Waals surface area contributed by atoms with E-state index in [9.17, 15) is 0 Å². The molecule has 0 aliphatic carbocycles. The van der Waals surface area contributed by atoms with Gasteiger partial charge >= 0.3 is 0 Å². The molecule has 132 valence electrons. The zero-order chi connectivity index (χ0) is 16.6. The molecular weight excluding hydrogens is 447 g/mol. The summed E-state index contributed by atoms with van der Waals surface area (Å²) < 4.78 is 5.31. The molecule has 7 heteroatoms. The Hall–Kier alpha value is -1.87. The fourth-order valence-corrected chi connectivity index (χ4v) is 3.08. The number of benzene rings is 1. The molecule has 5 nitrogen and oxygen atoms in total. The lowest BCUT2D eigenvalue weighted by Crippen LogP contribution is -2.37. The predicted octanol–water partition coefficient (Wildman–Crippen LogP) is 3.93. The van der Waals surface area contributed by atoms with Crippen molar-refractivity contribution in [2.24, 2.45) is 4.99 Å². The number of hydrogen-bond acceptors (Lipinski definition) is 4. The van der Waals surface area contributed by atoms with Crippen LogP contribution in [-0.2, 0) is 13.0 Å². The fourth-order valence-electron chi connectivity index (χ4n) is 2.26. The number of aliphatic imine (C=N–C) groups is 1. The summed E-state index contributed by atoms with van der Waals surface area (Å²) in [6, 6.07) is 14.1. The van der Waals surface area contributed by atoms with Crippen molar-refractivity contribution < 1.29 is 4.42 Å². The van der Waals surface area contributed by atoms with E-state index < -0.39 is 0 Å². The number of rotatable bonds is 6. The Morgan fingerprint density at radius 3 is 2.72 bits per heavy atom. The number of halogens is 1. The van der Waals surface area contributed by atoms with E-state index in [1.807, 2.05) is 30.3 Å². The summed E-state index contributed by atoms with van der Waals surface area (Å²) in [4.78, 5) is 8.89. The number of hydrogen-bond donors (Lipinski definition) is 2. The molecule has 0 radical (unpaired) electrons. The largest absolute Gasteiger partial charge is 0.469 e. The number of guanidine groups is 1. The maximum Gasteiger partial charge on any atom is 0.191 e. The molecule has 0 spiro atoms. The summed E-state index contributed by atoms with van der Waals surface area (Å²) in [6.07, 6.45) is 2.51. The number of furan rings is 1. The van der Waals surface area contributed by atoms with Crippen LogP contribution in [0.5, 0.6) is 0 Å². The number of nitrogens with zero attached hydrogens (tertiary/aromatic N) is 2. The summed E-state index contributed by atoms with van der Waals surface area (Å²) in [6.45, 7) is 1.41. The van der Waals surface area contributed by atoms with E-state index in [1.54, 1.807) is 24.6 Å². The normalized spacial score (nSPS) is 11.0. The molecule has 2 N–H and O–H groups in total. The highest BCUT2D eigenvalue weighted by Gasteiger charge is 2.05. The van der Waals surface area contributed by atoms with Gasteiger partial charge in [0, 0.05) is 31.0 Å². The van der Waals surface area contributed by atoms with Gasteiger partial charge in [-0.05, 0) is 12.1 Å². The summed E-state index contributed by atoms with van der Waals surface area (Å²) in [5, 5.41) is 9.66. The van der Waals surface area contributed by atoms with Crippen LogP contribution in [-0.4, -0.2) is 24.5 Å². The van der Waals surface area contributed by atoms with E-state index in [4.69, 9.17) is 4.42 Å². The van der Waals surface area contributed by atoms with Gasteiger partial charge < -0.3 is 15.1 Å². The van der Waals surface area contributed by atoms with Crippen LogP contribution in [0, 0.1) is 0 Å². The average molecular weight is 468 g/mol. The molecular formula is C18H21IN4OS. The molecule has 0 atom stereocenters. The lowest BCUT2D eigenvalue weighted by molar-refractivity contribution is 0.507. The molecule has 0 aliphatic heterocycles. The quantitative estimate of drug-likeness (QED) is 0.327. The highest BCUT2D eigenvalue weighted by atomic mass is 127. The summed E-state index contributed by atoms with van der Waals surface area (Å²) >= 11 is 1.65. The van der Waals surface area contributed by atoms with E-state index >= 15 is 0 Å². The third-order valence-electron chi connectivity index (χ3n) is 3.48. The Morgan fingerprint density at radius 1 is 1.16 bits per heavy atom. The number of thiazole rings is 1. The highest BCUT2D eigenvalue weighted by Crippen LogP contribution is 2.23. The molecule has 0 fully saturated rings. The van der Waals surface area contributed by atoms with Crippen LogP contribution in [0.4, 0.5) is 0 Å². The number of nitrogens with one attached hydrogen (secondary N) is 2. The second-order valence-electron chi connectivity index (χ2n) is 5.19. The molecule has 2 aromatic heterocycles. The van der Waals surface area contributed by atoms with Gasteiger partial charge in [-0.15, -0.1) is 35.3 Å². The van der Waals surface area contributed by atoms with Crippen LogP contribution >= 0.6 is 35.3 Å².